The molecule has 3 rings (SSSR count). The van der Waals surface area contributed by atoms with E-state index in [0.717, 1.165) is 5.69 Å². The van der Waals surface area contributed by atoms with Crippen LogP contribution in [0.4, 0.5) is 5.69 Å². The number of para-hydroxylation sites is 1. The zero-order valence-electron chi connectivity index (χ0n) is 13.8. The summed E-state index contributed by atoms with van der Waals surface area (Å²) in [5.41, 5.74) is 0.752. The lowest BCUT2D eigenvalue weighted by molar-refractivity contribution is -0.121. The summed E-state index contributed by atoms with van der Waals surface area (Å²) in [5, 5.41) is 2.50. The molecule has 3 atom stereocenters. The Morgan fingerprint density at radius 2 is 2.04 bits per heavy atom. The van der Waals surface area contributed by atoms with Gasteiger partial charge in [-0.15, -0.1) is 0 Å². The van der Waals surface area contributed by atoms with Gasteiger partial charge in [-0.05, 0) is 18.6 Å². The second-order valence-corrected chi connectivity index (χ2v) is 8.91. The van der Waals surface area contributed by atoms with Gasteiger partial charge in [0.05, 0.1) is 17.6 Å². The van der Waals surface area contributed by atoms with E-state index in [4.69, 9.17) is 4.74 Å². The third kappa shape index (κ3) is 3.63. The molecule has 6 nitrogen and oxygen atoms in total. The van der Waals surface area contributed by atoms with Gasteiger partial charge < -0.3 is 10.1 Å². The molecule has 0 bridgehead atoms. The van der Waals surface area contributed by atoms with Crippen LogP contribution < -0.4 is 5.32 Å². The lowest BCUT2D eigenvalue weighted by atomic mass is 9.87. The molecule has 1 amide bonds. The number of rotatable bonds is 5. The number of nitrogens with zero attached hydrogens (tertiary/aromatic N) is 1. The van der Waals surface area contributed by atoms with Gasteiger partial charge in [0.25, 0.3) is 0 Å². The minimum Gasteiger partial charge on any atom is -0.383 e. The summed E-state index contributed by atoms with van der Waals surface area (Å²) in [5.74, 6) is -0.366. The second kappa shape index (κ2) is 7.21. The van der Waals surface area contributed by atoms with E-state index < -0.39 is 15.1 Å². The Labute approximate surface area is 143 Å². The summed E-state index contributed by atoms with van der Waals surface area (Å²) in [6.07, 6.45) is 0.403. The van der Waals surface area contributed by atoms with E-state index in [-0.39, 0.29) is 23.5 Å². The second-order valence-electron chi connectivity index (χ2n) is 6.57. The first-order valence-corrected chi connectivity index (χ1v) is 10.0. The molecule has 2 aliphatic heterocycles. The highest BCUT2D eigenvalue weighted by molar-refractivity contribution is 7.92. The summed E-state index contributed by atoms with van der Waals surface area (Å²) in [7, 11) is -1.49. The van der Waals surface area contributed by atoms with Crippen molar-refractivity contribution < 1.29 is 17.9 Å². The van der Waals surface area contributed by atoms with Gasteiger partial charge in [0.1, 0.15) is 0 Å². The van der Waals surface area contributed by atoms with Crippen molar-refractivity contribution in [2.24, 2.45) is 11.8 Å². The van der Waals surface area contributed by atoms with Crippen LogP contribution in [0.25, 0.3) is 0 Å². The molecule has 0 aromatic heterocycles. The Hall–Kier alpha value is -1.44. The van der Waals surface area contributed by atoms with Gasteiger partial charge in [-0.3, -0.25) is 9.69 Å². The standard InChI is InChI=1S/C17H24N2O4S/c1-23-9-8-19-11-15-14(7-10-24(21,22)16(15)12-19)17(20)18-13-5-3-2-4-6-13/h2-6,14-16H,7-12H2,1H3,(H,18,20)/t14-,15-,16-/m1/s1. The monoisotopic (exact) mass is 352 g/mol. The number of carbonyl (C=O) groups excluding carboxylic acids is 1. The Balaban J connectivity index is 1.73. The minimum atomic E-state index is -3.12. The molecule has 132 valence electrons. The summed E-state index contributed by atoms with van der Waals surface area (Å²) in [6.45, 7) is 2.41. The van der Waals surface area contributed by atoms with Gasteiger partial charge >= 0.3 is 0 Å². The molecule has 2 heterocycles. The molecule has 2 saturated heterocycles. The predicted molar refractivity (Wildman–Crippen MR) is 92.6 cm³/mol. The molecule has 0 aliphatic carbocycles. The zero-order chi connectivity index (χ0) is 17.2. The summed E-state index contributed by atoms with van der Waals surface area (Å²) in [6, 6.07) is 9.31. The largest absolute Gasteiger partial charge is 0.383 e. The molecular formula is C17H24N2O4S. The molecule has 24 heavy (non-hydrogen) atoms. The first-order valence-electron chi connectivity index (χ1n) is 8.30. The zero-order valence-corrected chi connectivity index (χ0v) is 14.7. The van der Waals surface area contributed by atoms with Crippen molar-refractivity contribution in [2.45, 2.75) is 11.7 Å². The lowest BCUT2D eigenvalue weighted by Gasteiger charge is -2.31. The molecule has 2 fully saturated rings. The van der Waals surface area contributed by atoms with Crippen LogP contribution in [0.2, 0.25) is 0 Å². The molecule has 0 saturated carbocycles. The Morgan fingerprint density at radius 3 is 2.75 bits per heavy atom. The van der Waals surface area contributed by atoms with Crippen molar-refractivity contribution in [3.05, 3.63) is 30.3 Å². The number of nitrogens with one attached hydrogen (secondary N) is 1. The number of fused-ring (bicyclic) bond motifs is 1. The number of likely N-dealkylation sites (tertiary alicyclic amines) is 1. The predicted octanol–water partition coefficient (Wildman–Crippen LogP) is 1.01. The van der Waals surface area contributed by atoms with Crippen molar-refractivity contribution in [1.82, 2.24) is 4.90 Å². The molecule has 1 aromatic carbocycles. The van der Waals surface area contributed by atoms with Crippen LogP contribution in [-0.2, 0) is 19.4 Å². The fourth-order valence-electron chi connectivity index (χ4n) is 3.79. The Kier molecular flexibility index (Phi) is 5.22. The number of methoxy groups -OCH3 is 1. The van der Waals surface area contributed by atoms with Crippen LogP contribution in [0.3, 0.4) is 0 Å². The number of ether oxygens (including phenoxy) is 1. The minimum absolute atomic E-state index is 0.0697. The normalized spacial score (nSPS) is 29.1. The van der Waals surface area contributed by atoms with Gasteiger partial charge in [-0.1, -0.05) is 18.2 Å². The van der Waals surface area contributed by atoms with E-state index in [2.05, 4.69) is 10.2 Å². The van der Waals surface area contributed by atoms with Crippen molar-refractivity contribution in [2.75, 3.05) is 44.4 Å². The molecule has 1 aromatic rings. The number of carbonyl (C=O) groups is 1. The first-order chi connectivity index (χ1) is 11.5. The summed E-state index contributed by atoms with van der Waals surface area (Å²) >= 11 is 0. The Bertz CT molecular complexity index is 677. The van der Waals surface area contributed by atoms with E-state index in [1.165, 1.54) is 0 Å². The van der Waals surface area contributed by atoms with Crippen LogP contribution >= 0.6 is 0 Å². The quantitative estimate of drug-likeness (QED) is 0.856. The molecule has 0 radical (unpaired) electrons. The average molecular weight is 352 g/mol. The van der Waals surface area contributed by atoms with E-state index >= 15 is 0 Å². The maximum Gasteiger partial charge on any atom is 0.227 e. The van der Waals surface area contributed by atoms with Crippen molar-refractivity contribution in [3.63, 3.8) is 0 Å². The number of hydrogen-bond acceptors (Lipinski definition) is 5. The molecule has 0 unspecified atom stereocenters. The SMILES string of the molecule is COCCN1C[C@H]2[C@@H](C1)S(=O)(=O)CC[C@H]2C(=O)Nc1ccccc1. The molecule has 2 aliphatic rings. The van der Waals surface area contributed by atoms with E-state index in [1.54, 1.807) is 7.11 Å². The fourth-order valence-corrected chi connectivity index (χ4v) is 5.92. The van der Waals surface area contributed by atoms with Crippen LogP contribution in [0.5, 0.6) is 0 Å². The highest BCUT2D eigenvalue weighted by Gasteiger charge is 2.50. The third-order valence-corrected chi connectivity index (χ3v) is 7.29. The molecule has 7 heteroatoms. The summed E-state index contributed by atoms with van der Waals surface area (Å²) < 4.78 is 29.9. The summed E-state index contributed by atoms with van der Waals surface area (Å²) in [4.78, 5) is 14.8. The maximum absolute atomic E-state index is 12.7. The van der Waals surface area contributed by atoms with Gasteiger partial charge in [0.15, 0.2) is 9.84 Å². The maximum atomic E-state index is 12.7. The van der Waals surface area contributed by atoms with Gasteiger partial charge in [-0.2, -0.15) is 0 Å². The number of amides is 1. The van der Waals surface area contributed by atoms with Gasteiger partial charge in [0.2, 0.25) is 5.91 Å². The van der Waals surface area contributed by atoms with Crippen molar-refractivity contribution in [3.8, 4) is 0 Å². The van der Waals surface area contributed by atoms with E-state index in [1.807, 2.05) is 30.3 Å². The van der Waals surface area contributed by atoms with Crippen LogP contribution in [0.15, 0.2) is 30.3 Å². The third-order valence-electron chi connectivity index (χ3n) is 5.07. The van der Waals surface area contributed by atoms with Crippen molar-refractivity contribution >= 4 is 21.4 Å². The first kappa shape index (κ1) is 17.4. The molecule has 0 spiro atoms. The number of sulfone groups is 1. The molecular weight excluding hydrogens is 328 g/mol. The van der Waals surface area contributed by atoms with Crippen LogP contribution in [-0.4, -0.2) is 63.6 Å². The number of hydrogen-bond donors (Lipinski definition) is 1. The average Bonchev–Trinajstić information content (AvgIpc) is 2.99. The smallest absolute Gasteiger partial charge is 0.227 e. The highest BCUT2D eigenvalue weighted by atomic mass is 32.2. The van der Waals surface area contributed by atoms with Gasteiger partial charge in [-0.25, -0.2) is 8.42 Å². The number of anilines is 1. The van der Waals surface area contributed by atoms with E-state index in [9.17, 15) is 13.2 Å². The number of benzene rings is 1. The lowest BCUT2D eigenvalue weighted by Crippen LogP contribution is -2.45. The Morgan fingerprint density at radius 1 is 1.29 bits per heavy atom. The fraction of sp³-hybridized carbons (Fsp3) is 0.588. The topological polar surface area (TPSA) is 75.7 Å². The van der Waals surface area contributed by atoms with Crippen LogP contribution in [0, 0.1) is 11.8 Å². The van der Waals surface area contributed by atoms with Gasteiger partial charge in [0, 0.05) is 44.3 Å². The highest BCUT2D eigenvalue weighted by Crippen LogP contribution is 2.37. The van der Waals surface area contributed by atoms with E-state index in [0.29, 0.717) is 32.7 Å². The van der Waals surface area contributed by atoms with Crippen molar-refractivity contribution in [1.29, 1.82) is 0 Å². The molecule has 1 N–H and O–H groups in total. The van der Waals surface area contributed by atoms with Crippen LogP contribution in [0.1, 0.15) is 6.42 Å².